The van der Waals surface area contributed by atoms with E-state index in [0.29, 0.717) is 6.04 Å². The summed E-state index contributed by atoms with van der Waals surface area (Å²) < 4.78 is 0. The van der Waals surface area contributed by atoms with Crippen molar-refractivity contribution in [3.63, 3.8) is 0 Å². The smallest absolute Gasteiger partial charge is 0.0490 e. The summed E-state index contributed by atoms with van der Waals surface area (Å²) in [6.07, 6.45) is 6.60. The number of hydrogen-bond donors (Lipinski definition) is 2. The number of aromatic nitrogens is 2. The van der Waals surface area contributed by atoms with Gasteiger partial charge in [-0.1, -0.05) is 11.6 Å². The van der Waals surface area contributed by atoms with Crippen LogP contribution < -0.4 is 5.32 Å². The van der Waals surface area contributed by atoms with Crippen LogP contribution in [0.5, 0.6) is 0 Å². The van der Waals surface area contributed by atoms with E-state index in [1.165, 1.54) is 37.2 Å². The molecule has 1 saturated heterocycles. The van der Waals surface area contributed by atoms with Crippen LogP contribution in [0.4, 0.5) is 0 Å². The van der Waals surface area contributed by atoms with Crippen molar-refractivity contribution in [3.8, 4) is 0 Å². The highest BCUT2D eigenvalue weighted by Crippen LogP contribution is 2.11. The molecule has 1 aliphatic heterocycles. The number of rotatable bonds is 5. The molecule has 4 heteroatoms. The van der Waals surface area contributed by atoms with E-state index in [9.17, 15) is 0 Å². The maximum atomic E-state index is 3.96. The Balaban J connectivity index is 1.65. The first-order chi connectivity index (χ1) is 8.74. The van der Waals surface area contributed by atoms with Crippen LogP contribution in [0, 0.1) is 0 Å². The third-order valence-electron chi connectivity index (χ3n) is 3.48. The van der Waals surface area contributed by atoms with Crippen molar-refractivity contribution in [1.82, 2.24) is 20.4 Å². The third-order valence-corrected chi connectivity index (χ3v) is 3.48. The summed E-state index contributed by atoms with van der Waals surface area (Å²) in [4.78, 5) is 2.53. The van der Waals surface area contributed by atoms with Gasteiger partial charge < -0.3 is 5.32 Å². The number of aromatic amines is 1. The van der Waals surface area contributed by atoms with Crippen LogP contribution in [-0.2, 0) is 6.54 Å². The first kappa shape index (κ1) is 13.3. The molecule has 0 spiro atoms. The lowest BCUT2D eigenvalue weighted by atomic mass is 10.0. The number of piperidine rings is 1. The Morgan fingerprint density at radius 3 is 2.89 bits per heavy atom. The standard InChI is InChI=1S/C14H24N4/c1-12(2)4-8-18-9-5-13(6-10-18)15-11-14-3-7-16-17-14/h3-4,7,13,15H,5-6,8-11H2,1-2H3,(H,16,17). The van der Waals surface area contributed by atoms with E-state index in [1.54, 1.807) is 6.20 Å². The molecule has 1 fully saturated rings. The zero-order valence-corrected chi connectivity index (χ0v) is 11.4. The van der Waals surface area contributed by atoms with Crippen LogP contribution in [0.25, 0.3) is 0 Å². The van der Waals surface area contributed by atoms with Crippen molar-refractivity contribution in [2.45, 2.75) is 39.3 Å². The Bertz CT molecular complexity index is 357. The van der Waals surface area contributed by atoms with Gasteiger partial charge in [-0.2, -0.15) is 5.10 Å². The van der Waals surface area contributed by atoms with Crippen molar-refractivity contribution < 1.29 is 0 Å². The van der Waals surface area contributed by atoms with Gasteiger partial charge in [-0.15, -0.1) is 0 Å². The molecule has 2 heterocycles. The average Bonchev–Trinajstić information content (AvgIpc) is 2.88. The SMILES string of the molecule is CC(C)=CCN1CCC(NCc2ccn[nH]2)CC1. The maximum absolute atomic E-state index is 3.96. The minimum atomic E-state index is 0.649. The van der Waals surface area contributed by atoms with Gasteiger partial charge >= 0.3 is 0 Å². The predicted molar refractivity (Wildman–Crippen MR) is 74.3 cm³/mol. The summed E-state index contributed by atoms with van der Waals surface area (Å²) in [5, 5.41) is 10.5. The first-order valence-electron chi connectivity index (χ1n) is 6.81. The number of H-pyrrole nitrogens is 1. The normalized spacial score (nSPS) is 17.9. The van der Waals surface area contributed by atoms with Gasteiger partial charge in [0.15, 0.2) is 0 Å². The lowest BCUT2D eigenvalue weighted by Crippen LogP contribution is -2.42. The topological polar surface area (TPSA) is 44.0 Å². The number of allylic oxidation sites excluding steroid dienone is 1. The molecule has 1 aromatic heterocycles. The van der Waals surface area contributed by atoms with Gasteiger partial charge in [0.2, 0.25) is 0 Å². The lowest BCUT2D eigenvalue weighted by Gasteiger charge is -2.31. The molecule has 100 valence electrons. The van der Waals surface area contributed by atoms with Crippen molar-refractivity contribution in [2.75, 3.05) is 19.6 Å². The van der Waals surface area contributed by atoms with Gasteiger partial charge in [0, 0.05) is 31.0 Å². The Labute approximate surface area is 109 Å². The van der Waals surface area contributed by atoms with Gasteiger partial charge in [-0.3, -0.25) is 10.00 Å². The number of likely N-dealkylation sites (tertiary alicyclic amines) is 1. The van der Waals surface area contributed by atoms with Crippen LogP contribution in [0.2, 0.25) is 0 Å². The number of hydrogen-bond acceptors (Lipinski definition) is 3. The quantitative estimate of drug-likeness (QED) is 0.783. The maximum Gasteiger partial charge on any atom is 0.0490 e. The van der Waals surface area contributed by atoms with Crippen LogP contribution in [0.1, 0.15) is 32.4 Å². The Hall–Kier alpha value is -1.13. The Kier molecular flexibility index (Phi) is 4.96. The van der Waals surface area contributed by atoms with Crippen molar-refractivity contribution >= 4 is 0 Å². The molecule has 0 aliphatic carbocycles. The molecule has 2 rings (SSSR count). The van der Waals surface area contributed by atoms with E-state index < -0.39 is 0 Å². The molecule has 0 unspecified atom stereocenters. The molecule has 18 heavy (non-hydrogen) atoms. The highest BCUT2D eigenvalue weighted by molar-refractivity contribution is 4.98. The molecule has 1 aromatic rings. The van der Waals surface area contributed by atoms with Gasteiger partial charge in [0.1, 0.15) is 0 Å². The highest BCUT2D eigenvalue weighted by Gasteiger charge is 2.17. The molecule has 0 amide bonds. The fraction of sp³-hybridized carbons (Fsp3) is 0.643. The van der Waals surface area contributed by atoms with E-state index in [1.807, 2.05) is 6.07 Å². The first-order valence-corrected chi connectivity index (χ1v) is 6.81. The Morgan fingerprint density at radius 1 is 1.50 bits per heavy atom. The molecule has 0 aromatic carbocycles. The molecular formula is C14H24N4. The molecule has 4 nitrogen and oxygen atoms in total. The Morgan fingerprint density at radius 2 is 2.28 bits per heavy atom. The average molecular weight is 248 g/mol. The van der Waals surface area contributed by atoms with Crippen LogP contribution in [-0.4, -0.2) is 40.8 Å². The van der Waals surface area contributed by atoms with Crippen LogP contribution in [0.15, 0.2) is 23.9 Å². The van der Waals surface area contributed by atoms with Crippen LogP contribution >= 0.6 is 0 Å². The number of nitrogens with zero attached hydrogens (tertiary/aromatic N) is 2. The highest BCUT2D eigenvalue weighted by atomic mass is 15.1. The molecule has 2 N–H and O–H groups in total. The summed E-state index contributed by atoms with van der Waals surface area (Å²) in [5.41, 5.74) is 2.58. The fourth-order valence-electron chi connectivity index (χ4n) is 2.27. The number of nitrogens with one attached hydrogen (secondary N) is 2. The van der Waals surface area contributed by atoms with E-state index in [0.717, 1.165) is 13.1 Å². The lowest BCUT2D eigenvalue weighted by molar-refractivity contribution is 0.214. The summed E-state index contributed by atoms with van der Waals surface area (Å²) in [6, 6.07) is 2.67. The molecule has 0 atom stereocenters. The van der Waals surface area contributed by atoms with Gasteiger partial charge in [0.05, 0.1) is 0 Å². The summed E-state index contributed by atoms with van der Waals surface area (Å²) >= 11 is 0. The molecule has 0 saturated carbocycles. The van der Waals surface area contributed by atoms with Crippen molar-refractivity contribution in [1.29, 1.82) is 0 Å². The minimum absolute atomic E-state index is 0.649. The zero-order valence-electron chi connectivity index (χ0n) is 11.4. The predicted octanol–water partition coefficient (Wildman–Crippen LogP) is 1.93. The second-order valence-electron chi connectivity index (χ2n) is 5.32. The molecular weight excluding hydrogens is 224 g/mol. The van der Waals surface area contributed by atoms with E-state index >= 15 is 0 Å². The van der Waals surface area contributed by atoms with Crippen molar-refractivity contribution in [2.24, 2.45) is 0 Å². The van der Waals surface area contributed by atoms with Gasteiger partial charge in [0.25, 0.3) is 0 Å². The second kappa shape index (κ2) is 6.71. The third kappa shape index (κ3) is 4.27. The minimum Gasteiger partial charge on any atom is -0.308 e. The molecule has 0 bridgehead atoms. The summed E-state index contributed by atoms with van der Waals surface area (Å²) in [5.74, 6) is 0. The second-order valence-corrected chi connectivity index (χ2v) is 5.32. The molecule has 0 radical (unpaired) electrons. The summed E-state index contributed by atoms with van der Waals surface area (Å²) in [7, 11) is 0. The van der Waals surface area contributed by atoms with E-state index in [4.69, 9.17) is 0 Å². The van der Waals surface area contributed by atoms with Crippen LogP contribution in [0.3, 0.4) is 0 Å². The van der Waals surface area contributed by atoms with Crippen molar-refractivity contribution in [3.05, 3.63) is 29.6 Å². The summed E-state index contributed by atoms with van der Waals surface area (Å²) in [6.45, 7) is 8.74. The monoisotopic (exact) mass is 248 g/mol. The van der Waals surface area contributed by atoms with E-state index in [-0.39, 0.29) is 0 Å². The van der Waals surface area contributed by atoms with Gasteiger partial charge in [-0.25, -0.2) is 0 Å². The van der Waals surface area contributed by atoms with E-state index in [2.05, 4.69) is 40.3 Å². The zero-order chi connectivity index (χ0) is 12.8. The largest absolute Gasteiger partial charge is 0.308 e. The molecule has 1 aliphatic rings. The fourth-order valence-corrected chi connectivity index (χ4v) is 2.27. The van der Waals surface area contributed by atoms with Gasteiger partial charge in [-0.05, 0) is 45.8 Å².